The quantitative estimate of drug-likeness (QED) is 0.399. The Kier molecular flexibility index (Phi) is 3.42. The van der Waals surface area contributed by atoms with E-state index >= 15 is 0 Å². The van der Waals surface area contributed by atoms with E-state index in [-0.39, 0.29) is 19.5 Å². The van der Waals surface area contributed by atoms with Crippen LogP contribution in [0.15, 0.2) is 0 Å². The fraction of sp³-hybridized carbons (Fsp3) is 0.444. The van der Waals surface area contributed by atoms with Crippen LogP contribution < -0.4 is 11.1 Å². The average molecular weight is 209 g/mol. The Morgan fingerprint density at radius 2 is 2.07 bits per heavy atom. The van der Waals surface area contributed by atoms with Crippen molar-refractivity contribution in [1.29, 1.82) is 0 Å². The first kappa shape index (κ1) is 11.2. The second-order valence-electron chi connectivity index (χ2n) is 3.18. The van der Waals surface area contributed by atoms with Crippen molar-refractivity contribution in [2.45, 2.75) is 12.5 Å². The molecule has 1 atom stereocenters. The van der Waals surface area contributed by atoms with Crippen LogP contribution in [0.5, 0.6) is 0 Å². The highest BCUT2D eigenvalue weighted by Crippen LogP contribution is 2.00. The van der Waals surface area contributed by atoms with Crippen molar-refractivity contribution >= 4 is 17.7 Å². The second kappa shape index (κ2) is 4.57. The van der Waals surface area contributed by atoms with Crippen molar-refractivity contribution in [3.63, 3.8) is 0 Å². The average Bonchev–Trinajstić information content (AvgIpc) is 2.15. The molecule has 0 aromatic heterocycles. The van der Waals surface area contributed by atoms with Gasteiger partial charge < -0.3 is 10.6 Å². The smallest absolute Gasteiger partial charge is 0.246 e. The third-order valence-corrected chi connectivity index (χ3v) is 1.91. The standard InChI is InChI=1S/C9H11N3O3/c1-2-3-6(10)9(15)12-4-7(13)11-8(14)5-12/h1,6H,3-5,10H2,(H,11,13,14). The number of piperazine rings is 1. The molecular weight excluding hydrogens is 198 g/mol. The van der Waals surface area contributed by atoms with Crippen molar-refractivity contribution in [3.05, 3.63) is 0 Å². The molecule has 80 valence electrons. The normalized spacial score (nSPS) is 18.0. The Labute approximate surface area is 86.8 Å². The van der Waals surface area contributed by atoms with Crippen LogP contribution in [-0.4, -0.2) is 41.8 Å². The van der Waals surface area contributed by atoms with Crippen LogP contribution in [0.2, 0.25) is 0 Å². The first-order chi connectivity index (χ1) is 7.04. The molecule has 1 unspecified atom stereocenters. The van der Waals surface area contributed by atoms with Gasteiger partial charge in [0.2, 0.25) is 17.7 Å². The lowest BCUT2D eigenvalue weighted by atomic mass is 10.2. The number of amides is 3. The van der Waals surface area contributed by atoms with Crippen LogP contribution in [0, 0.1) is 12.3 Å². The largest absolute Gasteiger partial charge is 0.323 e. The van der Waals surface area contributed by atoms with E-state index in [1.54, 1.807) is 0 Å². The predicted octanol–water partition coefficient (Wildman–Crippen LogP) is -2.18. The molecule has 0 bridgehead atoms. The molecule has 0 spiro atoms. The summed E-state index contributed by atoms with van der Waals surface area (Å²) in [6.45, 7) is -0.300. The zero-order chi connectivity index (χ0) is 11.4. The van der Waals surface area contributed by atoms with Gasteiger partial charge >= 0.3 is 0 Å². The first-order valence-corrected chi connectivity index (χ1v) is 4.35. The highest BCUT2D eigenvalue weighted by Gasteiger charge is 2.28. The van der Waals surface area contributed by atoms with Crippen molar-refractivity contribution in [1.82, 2.24) is 10.2 Å². The topological polar surface area (TPSA) is 92.5 Å². The van der Waals surface area contributed by atoms with Crippen molar-refractivity contribution in [3.8, 4) is 12.3 Å². The highest BCUT2D eigenvalue weighted by molar-refractivity contribution is 6.03. The van der Waals surface area contributed by atoms with Crippen LogP contribution in [0.1, 0.15) is 6.42 Å². The third kappa shape index (κ3) is 2.79. The number of hydrogen-bond acceptors (Lipinski definition) is 4. The van der Waals surface area contributed by atoms with Crippen molar-refractivity contribution < 1.29 is 14.4 Å². The lowest BCUT2D eigenvalue weighted by Gasteiger charge is -2.27. The number of hydrogen-bond donors (Lipinski definition) is 2. The van der Waals surface area contributed by atoms with Gasteiger partial charge in [-0.05, 0) is 0 Å². The summed E-state index contributed by atoms with van der Waals surface area (Å²) < 4.78 is 0. The van der Waals surface area contributed by atoms with E-state index < -0.39 is 23.8 Å². The van der Waals surface area contributed by atoms with Crippen LogP contribution in [0.3, 0.4) is 0 Å². The number of carbonyl (C=O) groups is 3. The van der Waals surface area contributed by atoms with E-state index in [0.29, 0.717) is 0 Å². The maximum Gasteiger partial charge on any atom is 0.246 e. The number of terminal acetylenes is 1. The van der Waals surface area contributed by atoms with Gasteiger partial charge in [-0.15, -0.1) is 12.3 Å². The van der Waals surface area contributed by atoms with E-state index in [9.17, 15) is 14.4 Å². The molecule has 0 aliphatic carbocycles. The van der Waals surface area contributed by atoms with Crippen LogP contribution >= 0.6 is 0 Å². The molecular formula is C9H11N3O3. The van der Waals surface area contributed by atoms with Crippen molar-refractivity contribution in [2.75, 3.05) is 13.1 Å². The van der Waals surface area contributed by atoms with Crippen LogP contribution in [0.4, 0.5) is 0 Å². The van der Waals surface area contributed by atoms with Gasteiger partial charge in [-0.2, -0.15) is 0 Å². The van der Waals surface area contributed by atoms with E-state index in [1.165, 1.54) is 0 Å². The number of imide groups is 1. The summed E-state index contributed by atoms with van der Waals surface area (Å²) in [6, 6.07) is -0.853. The van der Waals surface area contributed by atoms with E-state index in [1.807, 2.05) is 0 Å². The van der Waals surface area contributed by atoms with Gasteiger partial charge in [0, 0.05) is 6.42 Å². The minimum Gasteiger partial charge on any atom is -0.323 e. The predicted molar refractivity (Wildman–Crippen MR) is 51.2 cm³/mol. The monoisotopic (exact) mass is 209 g/mol. The number of nitrogens with zero attached hydrogens (tertiary/aromatic N) is 1. The molecule has 1 heterocycles. The Balaban J connectivity index is 2.63. The van der Waals surface area contributed by atoms with Gasteiger partial charge in [0.25, 0.3) is 0 Å². The van der Waals surface area contributed by atoms with Gasteiger partial charge in [-0.25, -0.2) is 0 Å². The molecule has 1 saturated heterocycles. The van der Waals surface area contributed by atoms with Gasteiger partial charge in [-0.1, -0.05) is 0 Å². The zero-order valence-electron chi connectivity index (χ0n) is 8.03. The molecule has 3 amide bonds. The van der Waals surface area contributed by atoms with Gasteiger partial charge in [-0.3, -0.25) is 19.7 Å². The molecule has 15 heavy (non-hydrogen) atoms. The fourth-order valence-electron chi connectivity index (χ4n) is 1.24. The van der Waals surface area contributed by atoms with Gasteiger partial charge in [0.15, 0.2) is 0 Å². The summed E-state index contributed by atoms with van der Waals surface area (Å²) in [5.74, 6) is 0.762. The zero-order valence-corrected chi connectivity index (χ0v) is 8.03. The molecule has 3 N–H and O–H groups in total. The first-order valence-electron chi connectivity index (χ1n) is 4.35. The molecule has 0 radical (unpaired) electrons. The molecule has 6 heteroatoms. The van der Waals surface area contributed by atoms with E-state index in [2.05, 4.69) is 11.2 Å². The lowest BCUT2D eigenvalue weighted by Crippen LogP contribution is -2.56. The summed E-state index contributed by atoms with van der Waals surface area (Å²) in [5, 5.41) is 2.08. The Bertz CT molecular complexity index is 329. The minimum atomic E-state index is -0.853. The van der Waals surface area contributed by atoms with Crippen molar-refractivity contribution in [2.24, 2.45) is 5.73 Å². The molecule has 1 rings (SSSR count). The third-order valence-electron chi connectivity index (χ3n) is 1.91. The number of nitrogens with two attached hydrogens (primary N) is 1. The summed E-state index contributed by atoms with van der Waals surface area (Å²) in [4.78, 5) is 34.6. The molecule has 1 fully saturated rings. The molecule has 1 aliphatic heterocycles. The Morgan fingerprint density at radius 1 is 1.53 bits per heavy atom. The highest BCUT2D eigenvalue weighted by atomic mass is 16.2. The van der Waals surface area contributed by atoms with E-state index in [0.717, 1.165) is 4.90 Å². The molecule has 6 nitrogen and oxygen atoms in total. The SMILES string of the molecule is C#CCC(N)C(=O)N1CC(=O)NC(=O)C1. The fourth-order valence-corrected chi connectivity index (χ4v) is 1.24. The van der Waals surface area contributed by atoms with E-state index in [4.69, 9.17) is 12.2 Å². The van der Waals surface area contributed by atoms with Crippen LogP contribution in [0.25, 0.3) is 0 Å². The molecule has 1 aliphatic rings. The Morgan fingerprint density at radius 3 is 2.53 bits per heavy atom. The summed E-state index contributed by atoms with van der Waals surface area (Å²) in [5.41, 5.74) is 5.47. The summed E-state index contributed by atoms with van der Waals surface area (Å²) >= 11 is 0. The second-order valence-corrected chi connectivity index (χ2v) is 3.18. The maximum absolute atomic E-state index is 11.6. The summed E-state index contributed by atoms with van der Waals surface area (Å²) in [7, 11) is 0. The molecule has 0 aromatic carbocycles. The number of rotatable bonds is 2. The van der Waals surface area contributed by atoms with Gasteiger partial charge in [0.05, 0.1) is 6.04 Å². The van der Waals surface area contributed by atoms with Crippen LogP contribution in [-0.2, 0) is 14.4 Å². The Hall–Kier alpha value is -1.87. The summed E-state index contributed by atoms with van der Waals surface area (Å²) in [6.07, 6.45) is 5.09. The lowest BCUT2D eigenvalue weighted by molar-refractivity contribution is -0.145. The number of carbonyl (C=O) groups excluding carboxylic acids is 3. The van der Waals surface area contributed by atoms with Gasteiger partial charge in [0.1, 0.15) is 13.1 Å². The molecule has 0 saturated carbocycles. The number of nitrogens with one attached hydrogen (secondary N) is 1. The minimum absolute atomic E-state index is 0.0884. The maximum atomic E-state index is 11.6. The molecule has 0 aromatic rings.